The van der Waals surface area contributed by atoms with Crippen molar-refractivity contribution in [3.05, 3.63) is 89.9 Å². The lowest BCUT2D eigenvalue weighted by atomic mass is 10.2. The molecule has 3 aromatic rings. The summed E-state index contributed by atoms with van der Waals surface area (Å²) in [6, 6.07) is 23.5. The van der Waals surface area contributed by atoms with Crippen molar-refractivity contribution in [3.63, 3.8) is 0 Å². The molecule has 2 heterocycles. The fourth-order valence-corrected chi connectivity index (χ4v) is 3.35. The molecule has 0 saturated carbocycles. The molecule has 0 radical (unpaired) electrons. The molecule has 5 nitrogen and oxygen atoms in total. The number of carbonyl (C=O) groups is 1. The van der Waals surface area contributed by atoms with Crippen molar-refractivity contribution >= 4 is 5.91 Å². The lowest BCUT2D eigenvalue weighted by molar-refractivity contribution is 0.0594. The van der Waals surface area contributed by atoms with E-state index in [1.165, 1.54) is 5.56 Å². The first-order chi connectivity index (χ1) is 13.8. The number of furan rings is 1. The number of carbonyl (C=O) groups excluding carboxylic acids is 1. The van der Waals surface area contributed by atoms with Crippen LogP contribution < -0.4 is 4.74 Å². The van der Waals surface area contributed by atoms with E-state index in [1.807, 2.05) is 47.4 Å². The Bertz CT molecular complexity index is 884. The second kappa shape index (κ2) is 8.76. The minimum Gasteiger partial charge on any atom is -0.486 e. The van der Waals surface area contributed by atoms with Gasteiger partial charge in [-0.3, -0.25) is 9.69 Å². The zero-order valence-electron chi connectivity index (χ0n) is 15.8. The van der Waals surface area contributed by atoms with E-state index in [1.54, 1.807) is 6.07 Å². The molecule has 1 aliphatic rings. The van der Waals surface area contributed by atoms with Gasteiger partial charge in [0, 0.05) is 32.7 Å². The predicted octanol–water partition coefficient (Wildman–Crippen LogP) is 3.82. The first-order valence-electron chi connectivity index (χ1n) is 9.60. The first-order valence-corrected chi connectivity index (χ1v) is 9.60. The van der Waals surface area contributed by atoms with E-state index in [0.29, 0.717) is 31.2 Å². The molecule has 144 valence electrons. The van der Waals surface area contributed by atoms with Crippen LogP contribution in [0.1, 0.15) is 21.9 Å². The summed E-state index contributed by atoms with van der Waals surface area (Å²) >= 11 is 0. The van der Waals surface area contributed by atoms with Gasteiger partial charge in [-0.1, -0.05) is 48.5 Å². The molecule has 0 bridgehead atoms. The highest BCUT2D eigenvalue weighted by molar-refractivity contribution is 5.91. The van der Waals surface area contributed by atoms with Gasteiger partial charge in [0.05, 0.1) is 0 Å². The number of piperazine rings is 1. The topological polar surface area (TPSA) is 45.9 Å². The van der Waals surface area contributed by atoms with Crippen LogP contribution in [0.2, 0.25) is 0 Å². The molecule has 0 aliphatic carbocycles. The molecule has 1 fully saturated rings. The van der Waals surface area contributed by atoms with Gasteiger partial charge < -0.3 is 14.1 Å². The summed E-state index contributed by atoms with van der Waals surface area (Å²) in [5.41, 5.74) is 1.30. The summed E-state index contributed by atoms with van der Waals surface area (Å²) in [6.07, 6.45) is 0. The van der Waals surface area contributed by atoms with Gasteiger partial charge in [-0.25, -0.2) is 0 Å². The summed E-state index contributed by atoms with van der Waals surface area (Å²) in [4.78, 5) is 17.0. The number of para-hydroxylation sites is 1. The number of ether oxygens (including phenoxy) is 1. The highest BCUT2D eigenvalue weighted by atomic mass is 16.5. The second-order valence-corrected chi connectivity index (χ2v) is 6.92. The molecular formula is C23H24N2O3. The van der Waals surface area contributed by atoms with E-state index in [0.717, 1.165) is 25.4 Å². The van der Waals surface area contributed by atoms with Crippen LogP contribution in [-0.2, 0) is 13.2 Å². The number of benzene rings is 2. The Hall–Kier alpha value is -3.05. The normalized spacial score (nSPS) is 14.8. The zero-order chi connectivity index (χ0) is 19.2. The Morgan fingerprint density at radius 2 is 1.54 bits per heavy atom. The molecule has 4 rings (SSSR count). The highest BCUT2D eigenvalue weighted by Gasteiger charge is 2.24. The number of nitrogens with zero attached hydrogens (tertiary/aromatic N) is 2. The third kappa shape index (κ3) is 4.61. The van der Waals surface area contributed by atoms with Gasteiger partial charge in [-0.2, -0.15) is 0 Å². The van der Waals surface area contributed by atoms with Gasteiger partial charge in [0.2, 0.25) is 0 Å². The maximum Gasteiger partial charge on any atom is 0.289 e. The van der Waals surface area contributed by atoms with Crippen LogP contribution >= 0.6 is 0 Å². The number of amides is 1. The second-order valence-electron chi connectivity index (χ2n) is 6.92. The summed E-state index contributed by atoms with van der Waals surface area (Å²) in [5.74, 6) is 1.75. The smallest absolute Gasteiger partial charge is 0.289 e. The number of hydrogen-bond acceptors (Lipinski definition) is 4. The first kappa shape index (κ1) is 18.3. The van der Waals surface area contributed by atoms with E-state index in [2.05, 4.69) is 29.2 Å². The summed E-state index contributed by atoms with van der Waals surface area (Å²) in [7, 11) is 0. The van der Waals surface area contributed by atoms with E-state index in [4.69, 9.17) is 9.15 Å². The van der Waals surface area contributed by atoms with Gasteiger partial charge in [0.25, 0.3) is 5.91 Å². The molecule has 0 spiro atoms. The van der Waals surface area contributed by atoms with Crippen LogP contribution in [0.15, 0.2) is 77.2 Å². The quantitative estimate of drug-likeness (QED) is 0.656. The minimum atomic E-state index is -0.0506. The van der Waals surface area contributed by atoms with Gasteiger partial charge >= 0.3 is 0 Å². The average molecular weight is 376 g/mol. The van der Waals surface area contributed by atoms with E-state index in [9.17, 15) is 4.79 Å². The fourth-order valence-electron chi connectivity index (χ4n) is 3.35. The highest BCUT2D eigenvalue weighted by Crippen LogP contribution is 2.16. The predicted molar refractivity (Wildman–Crippen MR) is 107 cm³/mol. The molecule has 1 aromatic heterocycles. The van der Waals surface area contributed by atoms with Crippen molar-refractivity contribution in [1.82, 2.24) is 9.80 Å². The number of rotatable bonds is 6. The Balaban J connectivity index is 1.28. The monoisotopic (exact) mass is 376 g/mol. The molecule has 28 heavy (non-hydrogen) atoms. The Morgan fingerprint density at radius 1 is 0.857 bits per heavy atom. The molecule has 5 heteroatoms. The molecule has 1 saturated heterocycles. The standard InChI is InChI=1S/C23H24N2O3/c26-23(22-12-11-21(28-22)18-27-20-9-5-2-6-10-20)25-15-13-24(14-16-25)17-19-7-3-1-4-8-19/h1-12H,13-18H2. The van der Waals surface area contributed by atoms with E-state index < -0.39 is 0 Å². The zero-order valence-corrected chi connectivity index (χ0v) is 15.8. The summed E-state index contributed by atoms with van der Waals surface area (Å²) < 4.78 is 11.4. The van der Waals surface area contributed by atoms with Crippen LogP contribution in [-0.4, -0.2) is 41.9 Å². The average Bonchev–Trinajstić information content (AvgIpc) is 3.23. The summed E-state index contributed by atoms with van der Waals surface area (Å²) in [5, 5.41) is 0. The summed E-state index contributed by atoms with van der Waals surface area (Å²) in [6.45, 7) is 4.38. The lowest BCUT2D eigenvalue weighted by Gasteiger charge is -2.34. The maximum atomic E-state index is 12.7. The van der Waals surface area contributed by atoms with Gasteiger partial charge in [-0.05, 0) is 29.8 Å². The van der Waals surface area contributed by atoms with Gasteiger partial charge in [0.15, 0.2) is 5.76 Å². The lowest BCUT2D eigenvalue weighted by Crippen LogP contribution is -2.48. The third-order valence-corrected chi connectivity index (χ3v) is 4.91. The van der Waals surface area contributed by atoms with Crippen LogP contribution in [0.4, 0.5) is 0 Å². The third-order valence-electron chi connectivity index (χ3n) is 4.91. The Morgan fingerprint density at radius 3 is 2.25 bits per heavy atom. The largest absolute Gasteiger partial charge is 0.486 e. The molecule has 0 atom stereocenters. The van der Waals surface area contributed by atoms with Crippen molar-refractivity contribution in [3.8, 4) is 5.75 Å². The number of hydrogen-bond donors (Lipinski definition) is 0. The van der Waals surface area contributed by atoms with Crippen molar-refractivity contribution in [1.29, 1.82) is 0 Å². The van der Waals surface area contributed by atoms with Crippen LogP contribution in [0.5, 0.6) is 5.75 Å². The molecule has 1 aliphatic heterocycles. The van der Waals surface area contributed by atoms with E-state index in [-0.39, 0.29) is 5.91 Å². The van der Waals surface area contributed by atoms with Gasteiger partial charge in [-0.15, -0.1) is 0 Å². The molecule has 0 N–H and O–H groups in total. The van der Waals surface area contributed by atoms with E-state index >= 15 is 0 Å². The Labute approximate surface area is 165 Å². The van der Waals surface area contributed by atoms with Crippen molar-refractivity contribution in [2.75, 3.05) is 26.2 Å². The fraction of sp³-hybridized carbons (Fsp3) is 0.261. The Kier molecular flexibility index (Phi) is 5.73. The van der Waals surface area contributed by atoms with Crippen molar-refractivity contribution in [2.24, 2.45) is 0 Å². The van der Waals surface area contributed by atoms with Crippen LogP contribution in [0, 0.1) is 0 Å². The molecule has 0 unspecified atom stereocenters. The van der Waals surface area contributed by atoms with Gasteiger partial charge in [0.1, 0.15) is 18.1 Å². The van der Waals surface area contributed by atoms with Crippen molar-refractivity contribution < 1.29 is 13.9 Å². The van der Waals surface area contributed by atoms with Crippen LogP contribution in [0.3, 0.4) is 0 Å². The molecular weight excluding hydrogens is 352 g/mol. The molecule has 1 amide bonds. The van der Waals surface area contributed by atoms with Crippen molar-refractivity contribution in [2.45, 2.75) is 13.2 Å². The minimum absolute atomic E-state index is 0.0506. The molecule has 2 aromatic carbocycles. The SMILES string of the molecule is O=C(c1ccc(COc2ccccc2)o1)N1CCN(Cc2ccccc2)CC1. The maximum absolute atomic E-state index is 12.7. The van der Waals surface area contributed by atoms with Crippen LogP contribution in [0.25, 0.3) is 0 Å².